The summed E-state index contributed by atoms with van der Waals surface area (Å²) in [6.07, 6.45) is 0.340. The molecule has 0 aliphatic carbocycles. The number of carbonyl (C=O) groups is 2. The van der Waals surface area contributed by atoms with E-state index in [1.165, 1.54) is 0 Å². The topological polar surface area (TPSA) is 79.5 Å². The molecule has 0 saturated carbocycles. The number of anilines is 2. The lowest BCUT2D eigenvalue weighted by Gasteiger charge is -2.12. The molecule has 0 heterocycles. The van der Waals surface area contributed by atoms with Gasteiger partial charge in [-0.2, -0.15) is 0 Å². The monoisotopic (exact) mass is 369 g/mol. The van der Waals surface area contributed by atoms with Crippen molar-refractivity contribution in [3.8, 4) is 5.75 Å². The Bertz CT molecular complexity index is 758. The van der Waals surface area contributed by atoms with Crippen LogP contribution in [0.25, 0.3) is 0 Å². The molecule has 0 aromatic heterocycles. The van der Waals surface area contributed by atoms with Crippen LogP contribution >= 0.6 is 0 Å². The van der Waals surface area contributed by atoms with Gasteiger partial charge in [0.25, 0.3) is 0 Å². The van der Waals surface area contributed by atoms with Crippen molar-refractivity contribution in [1.29, 1.82) is 0 Å². The summed E-state index contributed by atoms with van der Waals surface area (Å²) in [6, 6.07) is 14.9. The first-order chi connectivity index (χ1) is 13.0. The van der Waals surface area contributed by atoms with E-state index >= 15 is 0 Å². The average Bonchev–Trinajstić information content (AvgIpc) is 2.62. The smallest absolute Gasteiger partial charge is 0.243 e. The molecule has 0 spiro atoms. The molecule has 3 N–H and O–H groups in total. The van der Waals surface area contributed by atoms with Crippen molar-refractivity contribution in [3.63, 3.8) is 0 Å². The van der Waals surface area contributed by atoms with Gasteiger partial charge in [0, 0.05) is 11.7 Å². The van der Waals surface area contributed by atoms with Gasteiger partial charge in [-0.3, -0.25) is 9.59 Å². The number of para-hydroxylation sites is 2. The van der Waals surface area contributed by atoms with Gasteiger partial charge < -0.3 is 20.7 Å². The number of rotatable bonds is 9. The summed E-state index contributed by atoms with van der Waals surface area (Å²) >= 11 is 0. The van der Waals surface area contributed by atoms with Crippen LogP contribution in [0.2, 0.25) is 0 Å². The second-order valence-corrected chi connectivity index (χ2v) is 6.43. The molecule has 0 aliphatic heterocycles. The zero-order valence-electron chi connectivity index (χ0n) is 16.0. The second kappa shape index (κ2) is 10.2. The molecule has 6 heteroatoms. The van der Waals surface area contributed by atoms with Crippen molar-refractivity contribution in [2.45, 2.75) is 33.2 Å². The lowest BCUT2D eigenvalue weighted by atomic mass is 10.1. The summed E-state index contributed by atoms with van der Waals surface area (Å²) in [5, 5.41) is 8.78. The lowest BCUT2D eigenvalue weighted by molar-refractivity contribution is -0.121. The van der Waals surface area contributed by atoms with Crippen LogP contribution in [0.15, 0.2) is 48.5 Å². The number of carbonyl (C=O) groups excluding carboxylic acids is 2. The van der Waals surface area contributed by atoms with Gasteiger partial charge in [0.2, 0.25) is 11.8 Å². The van der Waals surface area contributed by atoms with Gasteiger partial charge in [-0.25, -0.2) is 0 Å². The zero-order chi connectivity index (χ0) is 19.6. The molecule has 0 bridgehead atoms. The van der Waals surface area contributed by atoms with E-state index in [0.29, 0.717) is 24.5 Å². The van der Waals surface area contributed by atoms with Crippen LogP contribution in [0.1, 0.15) is 26.3 Å². The maximum Gasteiger partial charge on any atom is 0.243 e. The Labute approximate surface area is 160 Å². The van der Waals surface area contributed by atoms with Gasteiger partial charge in [-0.15, -0.1) is 0 Å². The Kier molecular flexibility index (Phi) is 7.67. The minimum absolute atomic E-state index is 0.00181. The number of hydrogen-bond donors (Lipinski definition) is 3. The summed E-state index contributed by atoms with van der Waals surface area (Å²) < 4.78 is 5.50. The Balaban J connectivity index is 1.84. The van der Waals surface area contributed by atoms with E-state index in [0.717, 1.165) is 11.3 Å². The number of hydrogen-bond acceptors (Lipinski definition) is 4. The highest BCUT2D eigenvalue weighted by Crippen LogP contribution is 2.23. The third kappa shape index (κ3) is 7.01. The molecule has 2 aromatic carbocycles. The highest BCUT2D eigenvalue weighted by atomic mass is 16.5. The van der Waals surface area contributed by atoms with Crippen LogP contribution < -0.4 is 20.7 Å². The van der Waals surface area contributed by atoms with E-state index in [-0.39, 0.29) is 24.4 Å². The lowest BCUT2D eigenvalue weighted by Crippen LogP contribution is -2.31. The molecule has 144 valence electrons. The van der Waals surface area contributed by atoms with E-state index in [4.69, 9.17) is 4.74 Å². The molecule has 0 unspecified atom stereocenters. The largest absolute Gasteiger partial charge is 0.492 e. The molecule has 2 rings (SSSR count). The van der Waals surface area contributed by atoms with E-state index in [2.05, 4.69) is 16.0 Å². The van der Waals surface area contributed by atoms with Gasteiger partial charge in [0.1, 0.15) is 5.75 Å². The zero-order valence-corrected chi connectivity index (χ0v) is 16.0. The van der Waals surface area contributed by atoms with Crippen molar-refractivity contribution in [2.75, 3.05) is 23.8 Å². The van der Waals surface area contributed by atoms with Crippen LogP contribution in [-0.4, -0.2) is 31.0 Å². The van der Waals surface area contributed by atoms with Gasteiger partial charge >= 0.3 is 0 Å². The predicted molar refractivity (Wildman–Crippen MR) is 108 cm³/mol. The number of benzene rings is 2. The van der Waals surface area contributed by atoms with Gasteiger partial charge in [-0.05, 0) is 50.6 Å². The maximum atomic E-state index is 12.2. The van der Waals surface area contributed by atoms with Crippen LogP contribution in [0.3, 0.4) is 0 Å². The molecule has 6 nitrogen and oxygen atoms in total. The van der Waals surface area contributed by atoms with Crippen molar-refractivity contribution in [2.24, 2.45) is 0 Å². The van der Waals surface area contributed by atoms with Crippen LogP contribution in [0, 0.1) is 0 Å². The molecular weight excluding hydrogens is 342 g/mol. The molecule has 0 atom stereocenters. The van der Waals surface area contributed by atoms with Gasteiger partial charge in [-0.1, -0.05) is 24.3 Å². The SMILES string of the molecule is CCOc1ccccc1NC(=O)CNc1ccc(CC(=O)NC(C)C)cc1. The Hall–Kier alpha value is -3.02. The second-order valence-electron chi connectivity index (χ2n) is 6.43. The van der Waals surface area contributed by atoms with E-state index in [1.54, 1.807) is 6.07 Å². The summed E-state index contributed by atoms with van der Waals surface area (Å²) in [6.45, 7) is 6.43. The number of nitrogens with one attached hydrogen (secondary N) is 3. The van der Waals surface area contributed by atoms with Gasteiger partial charge in [0.05, 0.1) is 25.3 Å². The fraction of sp³-hybridized carbons (Fsp3) is 0.333. The highest BCUT2D eigenvalue weighted by molar-refractivity contribution is 5.95. The van der Waals surface area contributed by atoms with Crippen molar-refractivity contribution < 1.29 is 14.3 Å². The summed E-state index contributed by atoms with van der Waals surface area (Å²) in [5.74, 6) is 0.484. The molecule has 2 aromatic rings. The fourth-order valence-corrected chi connectivity index (χ4v) is 2.53. The van der Waals surface area contributed by atoms with Crippen LogP contribution in [-0.2, 0) is 16.0 Å². The standard InChI is InChI=1S/C21H27N3O3/c1-4-27-19-8-6-5-7-18(19)24-21(26)14-22-17-11-9-16(10-12-17)13-20(25)23-15(2)3/h5-12,15,22H,4,13-14H2,1-3H3,(H,23,25)(H,24,26). The third-order valence-electron chi connectivity index (χ3n) is 3.68. The first-order valence-electron chi connectivity index (χ1n) is 9.11. The van der Waals surface area contributed by atoms with Crippen molar-refractivity contribution in [3.05, 3.63) is 54.1 Å². The summed E-state index contributed by atoms with van der Waals surface area (Å²) in [7, 11) is 0. The van der Waals surface area contributed by atoms with E-state index in [9.17, 15) is 9.59 Å². The maximum absolute atomic E-state index is 12.2. The molecule has 0 fully saturated rings. The normalized spacial score (nSPS) is 10.4. The minimum Gasteiger partial charge on any atom is -0.492 e. The summed E-state index contributed by atoms with van der Waals surface area (Å²) in [5.41, 5.74) is 2.39. The first-order valence-corrected chi connectivity index (χ1v) is 9.11. The first kappa shape index (κ1) is 20.3. The van der Waals surface area contributed by atoms with E-state index < -0.39 is 0 Å². The molecule has 0 aliphatic rings. The van der Waals surface area contributed by atoms with Crippen LogP contribution in [0.4, 0.5) is 11.4 Å². The van der Waals surface area contributed by atoms with Gasteiger partial charge in [0.15, 0.2) is 0 Å². The third-order valence-corrected chi connectivity index (χ3v) is 3.68. The Morgan fingerprint density at radius 3 is 2.37 bits per heavy atom. The molecule has 0 saturated heterocycles. The molecular formula is C21H27N3O3. The minimum atomic E-state index is -0.164. The van der Waals surface area contributed by atoms with Crippen molar-refractivity contribution in [1.82, 2.24) is 5.32 Å². The molecule has 27 heavy (non-hydrogen) atoms. The fourth-order valence-electron chi connectivity index (χ4n) is 2.53. The molecule has 2 amide bonds. The Morgan fingerprint density at radius 1 is 1.00 bits per heavy atom. The van der Waals surface area contributed by atoms with Crippen LogP contribution in [0.5, 0.6) is 5.75 Å². The predicted octanol–water partition coefficient (Wildman–Crippen LogP) is 3.20. The Morgan fingerprint density at radius 2 is 1.70 bits per heavy atom. The summed E-state index contributed by atoms with van der Waals surface area (Å²) in [4.78, 5) is 24.0. The van der Waals surface area contributed by atoms with E-state index in [1.807, 2.05) is 63.2 Å². The molecule has 0 radical (unpaired) electrons. The quantitative estimate of drug-likeness (QED) is 0.634. The average molecular weight is 369 g/mol. The highest BCUT2D eigenvalue weighted by Gasteiger charge is 2.08. The number of ether oxygens (including phenoxy) is 1. The number of amides is 2. The van der Waals surface area contributed by atoms with Crippen molar-refractivity contribution >= 4 is 23.2 Å².